The second kappa shape index (κ2) is 6.56. The number of aromatic nitrogens is 2. The van der Waals surface area contributed by atoms with E-state index in [-0.39, 0.29) is 17.6 Å². The van der Waals surface area contributed by atoms with Crippen molar-refractivity contribution in [3.05, 3.63) is 65.4 Å². The van der Waals surface area contributed by atoms with Crippen LogP contribution >= 0.6 is 0 Å². The van der Waals surface area contributed by atoms with Crippen LogP contribution in [0.2, 0.25) is 0 Å². The van der Waals surface area contributed by atoms with Crippen LogP contribution in [0.15, 0.2) is 48.9 Å². The van der Waals surface area contributed by atoms with E-state index in [1.165, 1.54) is 6.20 Å². The van der Waals surface area contributed by atoms with E-state index < -0.39 is 0 Å². The first-order valence-electron chi connectivity index (χ1n) is 7.66. The van der Waals surface area contributed by atoms with Gasteiger partial charge in [-0.25, -0.2) is 0 Å². The second-order valence-electron chi connectivity index (χ2n) is 5.56. The highest BCUT2D eigenvalue weighted by molar-refractivity contribution is 5.91. The van der Waals surface area contributed by atoms with E-state index in [1.807, 2.05) is 17.0 Å². The number of amides is 1. The van der Waals surface area contributed by atoms with Crippen molar-refractivity contribution in [2.24, 2.45) is 0 Å². The molecule has 114 valence electrons. The molecule has 1 fully saturated rings. The van der Waals surface area contributed by atoms with E-state index >= 15 is 0 Å². The van der Waals surface area contributed by atoms with Crippen LogP contribution in [-0.2, 0) is 0 Å². The first-order chi connectivity index (χ1) is 10.8. The summed E-state index contributed by atoms with van der Waals surface area (Å²) in [5.74, 6) is -0.195. The number of likely N-dealkylation sites (tertiary alicyclic amines) is 1. The van der Waals surface area contributed by atoms with Gasteiger partial charge in [0.1, 0.15) is 0 Å². The zero-order chi connectivity index (χ0) is 15.4. The molecule has 0 spiro atoms. The fraction of sp³-hybridized carbons (Fsp3) is 0.353. The molecule has 5 nitrogen and oxygen atoms in total. The van der Waals surface area contributed by atoms with Gasteiger partial charge in [-0.2, -0.15) is 4.73 Å². The summed E-state index contributed by atoms with van der Waals surface area (Å²) in [6.07, 6.45) is 8.95. The molecule has 2 aromatic rings. The second-order valence-corrected chi connectivity index (χ2v) is 5.56. The van der Waals surface area contributed by atoms with E-state index in [0.29, 0.717) is 11.3 Å². The maximum atomic E-state index is 12.8. The highest BCUT2D eigenvalue weighted by Gasteiger charge is 2.31. The highest BCUT2D eigenvalue weighted by Crippen LogP contribution is 2.30. The number of rotatable bonds is 2. The van der Waals surface area contributed by atoms with Gasteiger partial charge in [-0.05, 0) is 36.6 Å². The molecule has 3 heterocycles. The van der Waals surface area contributed by atoms with Gasteiger partial charge in [-0.3, -0.25) is 9.78 Å². The number of pyridine rings is 2. The van der Waals surface area contributed by atoms with E-state index in [0.717, 1.165) is 31.2 Å². The molecular formula is C17H19N3O2. The Kier molecular flexibility index (Phi) is 4.32. The van der Waals surface area contributed by atoms with Crippen LogP contribution in [-0.4, -0.2) is 22.3 Å². The van der Waals surface area contributed by atoms with Crippen LogP contribution in [0, 0.1) is 5.21 Å². The van der Waals surface area contributed by atoms with E-state index in [4.69, 9.17) is 0 Å². The minimum absolute atomic E-state index is 0.0122. The summed E-state index contributed by atoms with van der Waals surface area (Å²) < 4.78 is 0.650. The number of nitrogens with zero attached hydrogens (tertiary/aromatic N) is 3. The molecule has 0 saturated carbocycles. The van der Waals surface area contributed by atoms with Gasteiger partial charge in [0.25, 0.3) is 5.69 Å². The summed E-state index contributed by atoms with van der Waals surface area (Å²) in [5.41, 5.74) is 1.27. The van der Waals surface area contributed by atoms with Gasteiger partial charge >= 0.3 is 5.91 Å². The number of hydrogen-bond acceptors (Lipinski definition) is 3. The van der Waals surface area contributed by atoms with E-state index in [1.54, 1.807) is 30.6 Å². The van der Waals surface area contributed by atoms with Gasteiger partial charge in [0.15, 0.2) is 6.20 Å². The van der Waals surface area contributed by atoms with Gasteiger partial charge in [0, 0.05) is 31.1 Å². The molecule has 2 aromatic heterocycles. The van der Waals surface area contributed by atoms with Crippen molar-refractivity contribution in [2.75, 3.05) is 6.54 Å². The van der Waals surface area contributed by atoms with Crippen LogP contribution in [0.1, 0.15) is 47.8 Å². The predicted molar refractivity (Wildman–Crippen MR) is 81.9 cm³/mol. The molecule has 3 rings (SSSR count). The zero-order valence-corrected chi connectivity index (χ0v) is 12.4. The quantitative estimate of drug-likeness (QED) is 0.632. The summed E-state index contributed by atoms with van der Waals surface area (Å²) in [6.45, 7) is 0.681. The van der Waals surface area contributed by atoms with Crippen LogP contribution in [0.25, 0.3) is 0 Å². The average molecular weight is 297 g/mol. The Morgan fingerprint density at radius 1 is 1.18 bits per heavy atom. The number of hydrogen-bond donors (Lipinski definition) is 0. The Morgan fingerprint density at radius 3 is 2.77 bits per heavy atom. The standard InChI is InChI=1S/C17H19N3O2/c21-17(16-7-3-5-13-20(16)22)19-12-4-1-2-6-15(19)14-8-10-18-11-9-14/h3,5,7-11,13,15H,1-2,4,6,12H2/t15-/m0/s1. The molecule has 0 unspecified atom stereocenters. The van der Waals surface area contributed by atoms with E-state index in [9.17, 15) is 10.0 Å². The number of carbonyl (C=O) groups is 1. The third-order valence-corrected chi connectivity index (χ3v) is 4.15. The molecule has 1 aliphatic rings. The molecule has 5 heteroatoms. The van der Waals surface area contributed by atoms with Crippen molar-refractivity contribution < 1.29 is 9.52 Å². The van der Waals surface area contributed by atoms with Crippen molar-refractivity contribution in [2.45, 2.75) is 31.7 Å². The van der Waals surface area contributed by atoms with Gasteiger partial charge in [-0.1, -0.05) is 12.8 Å². The predicted octanol–water partition coefficient (Wildman–Crippen LogP) is 2.47. The minimum atomic E-state index is -0.195. The van der Waals surface area contributed by atoms with Crippen molar-refractivity contribution >= 4 is 5.91 Å². The molecule has 1 atom stereocenters. The zero-order valence-electron chi connectivity index (χ0n) is 12.4. The first-order valence-corrected chi connectivity index (χ1v) is 7.66. The lowest BCUT2D eigenvalue weighted by atomic mass is 10.0. The lowest BCUT2D eigenvalue weighted by molar-refractivity contribution is -0.608. The fourth-order valence-corrected chi connectivity index (χ4v) is 3.02. The fourth-order valence-electron chi connectivity index (χ4n) is 3.02. The summed E-state index contributed by atoms with van der Waals surface area (Å²) in [4.78, 5) is 18.7. The minimum Gasteiger partial charge on any atom is -0.618 e. The molecule has 0 N–H and O–H groups in total. The van der Waals surface area contributed by atoms with Crippen LogP contribution in [0.5, 0.6) is 0 Å². The largest absolute Gasteiger partial charge is 0.618 e. The summed E-state index contributed by atoms with van der Waals surface area (Å²) in [7, 11) is 0. The maximum absolute atomic E-state index is 12.8. The Morgan fingerprint density at radius 2 is 2.00 bits per heavy atom. The lowest BCUT2D eigenvalue weighted by Crippen LogP contribution is -2.43. The third-order valence-electron chi connectivity index (χ3n) is 4.15. The molecule has 1 aliphatic heterocycles. The Hall–Kier alpha value is -2.43. The summed E-state index contributed by atoms with van der Waals surface area (Å²) in [5, 5.41) is 11.9. The summed E-state index contributed by atoms with van der Waals surface area (Å²) >= 11 is 0. The highest BCUT2D eigenvalue weighted by atomic mass is 16.5. The van der Waals surface area contributed by atoms with Gasteiger partial charge in [0.05, 0.1) is 6.04 Å². The van der Waals surface area contributed by atoms with Crippen molar-refractivity contribution in [1.29, 1.82) is 0 Å². The van der Waals surface area contributed by atoms with Crippen molar-refractivity contribution in [3.63, 3.8) is 0 Å². The van der Waals surface area contributed by atoms with Crippen LogP contribution < -0.4 is 4.73 Å². The topological polar surface area (TPSA) is 60.1 Å². The molecule has 0 aromatic carbocycles. The van der Waals surface area contributed by atoms with Crippen molar-refractivity contribution in [3.8, 4) is 0 Å². The van der Waals surface area contributed by atoms with Crippen molar-refractivity contribution in [1.82, 2.24) is 9.88 Å². The molecule has 0 radical (unpaired) electrons. The number of carbonyl (C=O) groups excluding carboxylic acids is 1. The molecule has 1 saturated heterocycles. The normalized spacial score (nSPS) is 18.7. The monoisotopic (exact) mass is 297 g/mol. The Labute approximate surface area is 129 Å². The SMILES string of the molecule is O=C(c1cccc[n+]1[O-])N1CCCCC[C@H]1c1ccncc1. The Balaban J connectivity index is 1.94. The first kappa shape index (κ1) is 14.5. The molecule has 0 aliphatic carbocycles. The Bertz CT molecular complexity index is 645. The average Bonchev–Trinajstić information content (AvgIpc) is 2.81. The molecule has 0 bridgehead atoms. The summed E-state index contributed by atoms with van der Waals surface area (Å²) in [6, 6.07) is 8.86. The lowest BCUT2D eigenvalue weighted by Gasteiger charge is -2.29. The van der Waals surface area contributed by atoms with Gasteiger partial charge < -0.3 is 10.1 Å². The van der Waals surface area contributed by atoms with Crippen LogP contribution in [0.3, 0.4) is 0 Å². The smallest absolute Gasteiger partial charge is 0.320 e. The van der Waals surface area contributed by atoms with Crippen LogP contribution in [0.4, 0.5) is 0 Å². The molecule has 1 amide bonds. The van der Waals surface area contributed by atoms with Gasteiger partial charge in [-0.15, -0.1) is 0 Å². The third kappa shape index (κ3) is 2.93. The molecule has 22 heavy (non-hydrogen) atoms. The maximum Gasteiger partial charge on any atom is 0.320 e. The molecular weight excluding hydrogens is 278 g/mol. The van der Waals surface area contributed by atoms with E-state index in [2.05, 4.69) is 4.98 Å². The van der Waals surface area contributed by atoms with Gasteiger partial charge in [0.2, 0.25) is 0 Å².